The molecule has 0 fully saturated rings. The highest BCUT2D eigenvalue weighted by molar-refractivity contribution is 6.33. The Morgan fingerprint density at radius 1 is 1.31 bits per heavy atom. The Morgan fingerprint density at radius 2 is 2.00 bits per heavy atom. The van der Waals surface area contributed by atoms with Gasteiger partial charge in [-0.2, -0.15) is 4.99 Å². The summed E-state index contributed by atoms with van der Waals surface area (Å²) < 4.78 is 14.4. The van der Waals surface area contributed by atoms with E-state index in [1.54, 1.807) is 18.3 Å². The molecular formula is C18H23FN6O. The molecule has 138 valence electrons. The molecule has 0 saturated heterocycles. The van der Waals surface area contributed by atoms with Crippen molar-refractivity contribution in [3.63, 3.8) is 0 Å². The van der Waals surface area contributed by atoms with Gasteiger partial charge in [0.2, 0.25) is 0 Å². The highest BCUT2D eigenvalue weighted by atomic mass is 19.1. The molecule has 0 bridgehead atoms. The largest absolute Gasteiger partial charge is 0.379 e. The van der Waals surface area contributed by atoms with Crippen molar-refractivity contribution in [1.82, 2.24) is 5.32 Å². The zero-order valence-electron chi connectivity index (χ0n) is 15.0. The average Bonchev–Trinajstić information content (AvgIpc) is 2.59. The molecule has 2 heterocycles. The predicted octanol–water partition coefficient (Wildman–Crippen LogP) is 1.82. The SMILES string of the molecule is CC(C)(C)C(F)c1ccc(NCC2=NC3C(=O)N=C(N)NC3N=C2)cc1. The number of carbonyl (C=O) groups excluding carboxylic acids is 1. The molecule has 4 N–H and O–H groups in total. The van der Waals surface area contributed by atoms with Crippen LogP contribution in [0.4, 0.5) is 10.1 Å². The van der Waals surface area contributed by atoms with E-state index in [-0.39, 0.29) is 5.96 Å². The minimum Gasteiger partial charge on any atom is -0.379 e. The molecule has 1 aromatic carbocycles. The minimum absolute atomic E-state index is 0.0617. The van der Waals surface area contributed by atoms with Crippen LogP contribution in [0.1, 0.15) is 32.5 Å². The Labute approximate surface area is 151 Å². The molecule has 7 nitrogen and oxygen atoms in total. The number of hydrogen-bond donors (Lipinski definition) is 3. The first-order valence-corrected chi connectivity index (χ1v) is 8.46. The summed E-state index contributed by atoms with van der Waals surface area (Å²) in [5.74, 6) is -0.340. The lowest BCUT2D eigenvalue weighted by atomic mass is 9.86. The fourth-order valence-corrected chi connectivity index (χ4v) is 2.76. The third kappa shape index (κ3) is 3.89. The second-order valence-corrected chi connectivity index (χ2v) is 7.47. The van der Waals surface area contributed by atoms with Gasteiger partial charge in [-0.3, -0.25) is 14.8 Å². The molecular weight excluding hydrogens is 335 g/mol. The summed E-state index contributed by atoms with van der Waals surface area (Å²) in [5, 5.41) is 6.02. The van der Waals surface area contributed by atoms with Crippen molar-refractivity contribution >= 4 is 29.5 Å². The van der Waals surface area contributed by atoms with E-state index < -0.39 is 29.7 Å². The van der Waals surface area contributed by atoms with Crippen LogP contribution in [0.15, 0.2) is 39.2 Å². The van der Waals surface area contributed by atoms with Gasteiger partial charge in [0.05, 0.1) is 12.3 Å². The Hall–Kier alpha value is -2.77. The van der Waals surface area contributed by atoms with Crippen molar-refractivity contribution < 1.29 is 9.18 Å². The number of benzene rings is 1. The highest BCUT2D eigenvalue weighted by Gasteiger charge is 2.34. The lowest BCUT2D eigenvalue weighted by Gasteiger charge is -2.27. The van der Waals surface area contributed by atoms with Crippen molar-refractivity contribution in [2.45, 2.75) is 39.2 Å². The number of carbonyl (C=O) groups is 1. The number of halogens is 1. The summed E-state index contributed by atoms with van der Waals surface area (Å²) >= 11 is 0. The molecule has 3 unspecified atom stereocenters. The molecule has 8 heteroatoms. The van der Waals surface area contributed by atoms with E-state index in [4.69, 9.17) is 5.73 Å². The second-order valence-electron chi connectivity index (χ2n) is 7.47. The lowest BCUT2D eigenvalue weighted by molar-refractivity contribution is -0.119. The molecule has 1 aromatic rings. The number of anilines is 1. The van der Waals surface area contributed by atoms with Crippen LogP contribution in [0, 0.1) is 5.41 Å². The number of fused-ring (bicyclic) bond motifs is 1. The first kappa shape index (κ1) is 18.0. The van der Waals surface area contributed by atoms with Crippen LogP contribution in [0.5, 0.6) is 0 Å². The van der Waals surface area contributed by atoms with Crippen molar-refractivity contribution in [1.29, 1.82) is 0 Å². The number of amides is 1. The van der Waals surface area contributed by atoms with Gasteiger partial charge in [-0.15, -0.1) is 0 Å². The number of alkyl halides is 1. The molecule has 3 atom stereocenters. The van der Waals surface area contributed by atoms with Gasteiger partial charge < -0.3 is 16.4 Å². The first-order valence-electron chi connectivity index (χ1n) is 8.46. The monoisotopic (exact) mass is 358 g/mol. The van der Waals surface area contributed by atoms with Crippen LogP contribution in [-0.2, 0) is 4.79 Å². The third-order valence-corrected chi connectivity index (χ3v) is 4.20. The number of nitrogens with two attached hydrogens (primary N) is 1. The maximum absolute atomic E-state index is 14.4. The molecule has 26 heavy (non-hydrogen) atoms. The Bertz CT molecular complexity index is 778. The standard InChI is InChI=1S/C18H23FN6O/c1-18(2,3)14(19)10-4-6-11(7-5-10)21-8-12-9-22-15-13(23-12)16(26)25-17(20)24-15/h4-7,9,13-15,21H,8H2,1-3H3,(H3,20,24,25,26). The fraction of sp³-hybridized carbons (Fsp3) is 0.444. The van der Waals surface area contributed by atoms with E-state index >= 15 is 0 Å². The van der Waals surface area contributed by atoms with Crippen molar-refractivity contribution in [3.05, 3.63) is 29.8 Å². The fourth-order valence-electron chi connectivity index (χ4n) is 2.76. The van der Waals surface area contributed by atoms with Crippen LogP contribution < -0.4 is 16.4 Å². The molecule has 2 aliphatic rings. The molecule has 0 saturated carbocycles. The maximum atomic E-state index is 14.4. The van der Waals surface area contributed by atoms with Gasteiger partial charge in [-0.25, -0.2) is 4.39 Å². The van der Waals surface area contributed by atoms with Crippen molar-refractivity contribution in [2.75, 3.05) is 11.9 Å². The summed E-state index contributed by atoms with van der Waals surface area (Å²) in [6, 6.07) is 6.52. The Balaban J connectivity index is 1.62. The minimum atomic E-state index is -1.03. The third-order valence-electron chi connectivity index (χ3n) is 4.20. The maximum Gasteiger partial charge on any atom is 0.277 e. The molecule has 1 amide bonds. The zero-order valence-corrected chi connectivity index (χ0v) is 15.0. The Morgan fingerprint density at radius 3 is 2.65 bits per heavy atom. The number of nitrogens with zero attached hydrogens (tertiary/aromatic N) is 3. The van der Waals surface area contributed by atoms with E-state index in [9.17, 15) is 9.18 Å². The number of nitrogens with one attached hydrogen (secondary N) is 2. The number of hydrogen-bond acceptors (Lipinski definition) is 6. The topological polar surface area (TPSA) is 104 Å². The van der Waals surface area contributed by atoms with E-state index in [1.165, 1.54) is 0 Å². The predicted molar refractivity (Wildman–Crippen MR) is 102 cm³/mol. The summed E-state index contributed by atoms with van der Waals surface area (Å²) in [5.41, 5.74) is 7.20. The van der Waals surface area contributed by atoms with E-state index in [1.807, 2.05) is 32.9 Å². The first-order chi connectivity index (χ1) is 12.2. The second kappa shape index (κ2) is 6.86. The Kier molecular flexibility index (Phi) is 4.76. The van der Waals surface area contributed by atoms with E-state index in [0.717, 1.165) is 5.69 Å². The van der Waals surface area contributed by atoms with Gasteiger partial charge in [-0.1, -0.05) is 32.9 Å². The highest BCUT2D eigenvalue weighted by Crippen LogP contribution is 2.36. The van der Waals surface area contributed by atoms with Gasteiger partial charge in [0, 0.05) is 11.9 Å². The molecule has 0 aromatic heterocycles. The molecule has 0 aliphatic carbocycles. The normalized spacial score (nSPS) is 23.5. The quantitative estimate of drug-likeness (QED) is 0.763. The van der Waals surface area contributed by atoms with E-state index in [2.05, 4.69) is 25.6 Å². The number of aliphatic imine (C=N–C) groups is 3. The molecule has 0 spiro atoms. The van der Waals surface area contributed by atoms with Crippen LogP contribution in [0.3, 0.4) is 0 Å². The van der Waals surface area contributed by atoms with Crippen molar-refractivity contribution in [3.8, 4) is 0 Å². The van der Waals surface area contributed by atoms with Crippen LogP contribution in [0.2, 0.25) is 0 Å². The summed E-state index contributed by atoms with van der Waals surface area (Å²) in [7, 11) is 0. The number of rotatable bonds is 4. The van der Waals surface area contributed by atoms with E-state index in [0.29, 0.717) is 17.8 Å². The summed E-state index contributed by atoms with van der Waals surface area (Å²) in [6.45, 7) is 6.01. The molecule has 3 rings (SSSR count). The zero-order chi connectivity index (χ0) is 18.9. The van der Waals surface area contributed by atoms with Crippen LogP contribution >= 0.6 is 0 Å². The number of guanidine groups is 1. The van der Waals surface area contributed by atoms with Gasteiger partial charge >= 0.3 is 0 Å². The van der Waals surface area contributed by atoms with Gasteiger partial charge in [0.1, 0.15) is 6.17 Å². The average molecular weight is 358 g/mol. The lowest BCUT2D eigenvalue weighted by Crippen LogP contribution is -2.54. The smallest absolute Gasteiger partial charge is 0.277 e. The van der Waals surface area contributed by atoms with Crippen molar-refractivity contribution in [2.24, 2.45) is 26.1 Å². The van der Waals surface area contributed by atoms with Crippen LogP contribution in [0.25, 0.3) is 0 Å². The van der Waals surface area contributed by atoms with Gasteiger partial charge in [-0.05, 0) is 23.1 Å². The van der Waals surface area contributed by atoms with Gasteiger partial charge in [0.25, 0.3) is 5.91 Å². The molecule has 2 aliphatic heterocycles. The van der Waals surface area contributed by atoms with Crippen LogP contribution in [-0.4, -0.2) is 42.5 Å². The molecule has 0 radical (unpaired) electrons. The summed E-state index contributed by atoms with van der Waals surface area (Å²) in [6.07, 6.45) is 0.0848. The summed E-state index contributed by atoms with van der Waals surface area (Å²) in [4.78, 5) is 24.2. The van der Waals surface area contributed by atoms with Gasteiger partial charge in [0.15, 0.2) is 18.2 Å².